The standard InChI is InChI=1S/C12H17N3O4/c1-7-3-4-9(8(2)14-7)15-12(19)13-6-5-10(16)11(17)18/h3-4,10,16H,5-6H2,1-2H3,(H,17,18)(H2,13,15,19). The van der Waals surface area contributed by atoms with Crippen LogP contribution < -0.4 is 10.6 Å². The van der Waals surface area contributed by atoms with Crippen molar-refractivity contribution < 1.29 is 19.8 Å². The fourth-order valence-electron chi connectivity index (χ4n) is 1.43. The van der Waals surface area contributed by atoms with Gasteiger partial charge in [-0.1, -0.05) is 0 Å². The lowest BCUT2D eigenvalue weighted by molar-refractivity contribution is -0.146. The molecule has 1 aromatic rings. The molecule has 1 aromatic heterocycles. The number of hydrogen-bond donors (Lipinski definition) is 4. The normalized spacial score (nSPS) is 11.7. The third kappa shape index (κ3) is 4.92. The number of carbonyl (C=O) groups is 2. The van der Waals surface area contributed by atoms with Crippen LogP contribution in [0.5, 0.6) is 0 Å². The predicted octanol–water partition coefficient (Wildman–Crippen LogP) is 0.656. The maximum atomic E-state index is 11.5. The molecule has 1 unspecified atom stereocenters. The van der Waals surface area contributed by atoms with Crippen LogP contribution in [0.3, 0.4) is 0 Å². The van der Waals surface area contributed by atoms with Gasteiger partial charge in [0.1, 0.15) is 0 Å². The number of amides is 2. The Kier molecular flexibility index (Phi) is 5.25. The first-order valence-electron chi connectivity index (χ1n) is 5.80. The smallest absolute Gasteiger partial charge is 0.332 e. The lowest BCUT2D eigenvalue weighted by Gasteiger charge is -2.10. The number of aliphatic carboxylic acids is 1. The van der Waals surface area contributed by atoms with Crippen LogP contribution in [0.1, 0.15) is 17.8 Å². The highest BCUT2D eigenvalue weighted by molar-refractivity contribution is 5.89. The van der Waals surface area contributed by atoms with Crippen LogP contribution in [0.25, 0.3) is 0 Å². The minimum atomic E-state index is -1.47. The summed E-state index contributed by atoms with van der Waals surface area (Å²) in [6.45, 7) is 3.69. The van der Waals surface area contributed by atoms with Crippen LogP contribution >= 0.6 is 0 Å². The Morgan fingerprint density at radius 3 is 2.63 bits per heavy atom. The number of pyridine rings is 1. The Labute approximate surface area is 110 Å². The van der Waals surface area contributed by atoms with Crippen molar-refractivity contribution in [2.24, 2.45) is 0 Å². The molecule has 1 heterocycles. The van der Waals surface area contributed by atoms with Crippen molar-refractivity contribution in [3.05, 3.63) is 23.5 Å². The number of nitrogens with one attached hydrogen (secondary N) is 2. The second-order valence-corrected chi connectivity index (χ2v) is 4.11. The lowest BCUT2D eigenvalue weighted by atomic mass is 10.2. The molecule has 2 amide bonds. The Balaban J connectivity index is 2.41. The van der Waals surface area contributed by atoms with Crippen LogP contribution in [0.15, 0.2) is 12.1 Å². The van der Waals surface area contributed by atoms with Gasteiger partial charge in [0.2, 0.25) is 0 Å². The maximum Gasteiger partial charge on any atom is 0.332 e. The highest BCUT2D eigenvalue weighted by atomic mass is 16.4. The van der Waals surface area contributed by atoms with Gasteiger partial charge in [-0.3, -0.25) is 4.98 Å². The molecule has 0 aliphatic rings. The summed E-state index contributed by atoms with van der Waals surface area (Å²) in [6, 6.07) is 3.05. The van der Waals surface area contributed by atoms with E-state index in [1.807, 2.05) is 6.92 Å². The molecule has 0 spiro atoms. The SMILES string of the molecule is Cc1ccc(NC(=O)NCCC(O)C(=O)O)c(C)n1. The first-order valence-corrected chi connectivity index (χ1v) is 5.80. The summed E-state index contributed by atoms with van der Waals surface area (Å²) in [5.41, 5.74) is 2.13. The number of aliphatic hydroxyl groups excluding tert-OH is 1. The van der Waals surface area contributed by atoms with Crippen LogP contribution in [0.4, 0.5) is 10.5 Å². The van der Waals surface area contributed by atoms with Gasteiger partial charge in [-0.25, -0.2) is 9.59 Å². The Morgan fingerprint density at radius 1 is 1.37 bits per heavy atom. The second-order valence-electron chi connectivity index (χ2n) is 4.11. The Morgan fingerprint density at radius 2 is 2.05 bits per heavy atom. The summed E-state index contributed by atoms with van der Waals surface area (Å²) in [5.74, 6) is -1.30. The minimum Gasteiger partial charge on any atom is -0.479 e. The summed E-state index contributed by atoms with van der Waals surface area (Å²) in [4.78, 5) is 26.1. The number of aromatic nitrogens is 1. The molecular weight excluding hydrogens is 250 g/mol. The van der Waals surface area contributed by atoms with Crippen LogP contribution in [-0.4, -0.2) is 39.8 Å². The zero-order valence-corrected chi connectivity index (χ0v) is 10.8. The molecule has 0 aliphatic carbocycles. The van der Waals surface area contributed by atoms with Gasteiger partial charge in [0, 0.05) is 18.7 Å². The number of rotatable bonds is 5. The first kappa shape index (κ1) is 14.9. The number of urea groups is 1. The second kappa shape index (κ2) is 6.69. The monoisotopic (exact) mass is 267 g/mol. The summed E-state index contributed by atoms with van der Waals surface area (Å²) in [6.07, 6.45) is -1.52. The molecule has 1 atom stereocenters. The van der Waals surface area contributed by atoms with Crippen LogP contribution in [-0.2, 0) is 4.79 Å². The summed E-state index contributed by atoms with van der Waals surface area (Å²) >= 11 is 0. The Hall–Kier alpha value is -2.15. The van der Waals surface area contributed by atoms with Gasteiger partial charge in [-0.2, -0.15) is 0 Å². The number of carbonyl (C=O) groups excluding carboxylic acids is 1. The topological polar surface area (TPSA) is 112 Å². The van der Waals surface area contributed by atoms with Gasteiger partial charge < -0.3 is 20.8 Å². The summed E-state index contributed by atoms with van der Waals surface area (Å²) < 4.78 is 0. The number of aliphatic hydroxyl groups is 1. The predicted molar refractivity (Wildman–Crippen MR) is 69.0 cm³/mol. The van der Waals surface area contributed by atoms with Crippen LogP contribution in [0.2, 0.25) is 0 Å². The van der Waals surface area contributed by atoms with Crippen molar-refractivity contribution in [3.8, 4) is 0 Å². The van der Waals surface area contributed by atoms with Gasteiger partial charge in [-0.05, 0) is 26.0 Å². The molecule has 0 aromatic carbocycles. The van der Waals surface area contributed by atoms with E-state index in [0.29, 0.717) is 11.4 Å². The average Bonchev–Trinajstić information content (AvgIpc) is 2.32. The fourth-order valence-corrected chi connectivity index (χ4v) is 1.43. The minimum absolute atomic E-state index is 0.0477. The van der Waals surface area contributed by atoms with Crippen LogP contribution in [0, 0.1) is 13.8 Å². The van der Waals surface area contributed by atoms with E-state index in [4.69, 9.17) is 10.2 Å². The van der Waals surface area contributed by atoms with E-state index in [-0.39, 0.29) is 13.0 Å². The van der Waals surface area contributed by atoms with E-state index in [0.717, 1.165) is 5.69 Å². The third-order valence-corrected chi connectivity index (χ3v) is 2.46. The number of anilines is 1. The van der Waals surface area contributed by atoms with E-state index >= 15 is 0 Å². The molecule has 0 radical (unpaired) electrons. The number of carboxylic acid groups (broad SMARTS) is 1. The Bertz CT molecular complexity index is 476. The van der Waals surface area contributed by atoms with Crippen molar-refractivity contribution in [1.29, 1.82) is 0 Å². The zero-order valence-electron chi connectivity index (χ0n) is 10.8. The van der Waals surface area contributed by atoms with E-state index in [1.54, 1.807) is 19.1 Å². The number of carboxylic acids is 1. The van der Waals surface area contributed by atoms with Gasteiger partial charge >= 0.3 is 12.0 Å². The molecule has 0 bridgehead atoms. The largest absolute Gasteiger partial charge is 0.479 e. The van der Waals surface area contributed by atoms with E-state index in [2.05, 4.69) is 15.6 Å². The van der Waals surface area contributed by atoms with E-state index < -0.39 is 18.1 Å². The molecular formula is C12H17N3O4. The molecule has 0 fully saturated rings. The van der Waals surface area contributed by atoms with Crippen molar-refractivity contribution >= 4 is 17.7 Å². The average molecular weight is 267 g/mol. The highest BCUT2D eigenvalue weighted by Gasteiger charge is 2.13. The zero-order chi connectivity index (χ0) is 14.4. The number of nitrogens with zero attached hydrogens (tertiary/aromatic N) is 1. The molecule has 1 rings (SSSR count). The quantitative estimate of drug-likeness (QED) is 0.626. The van der Waals surface area contributed by atoms with E-state index in [1.165, 1.54) is 0 Å². The molecule has 7 heteroatoms. The summed E-state index contributed by atoms with van der Waals surface area (Å²) in [7, 11) is 0. The maximum absolute atomic E-state index is 11.5. The van der Waals surface area contributed by atoms with Gasteiger partial charge in [0.25, 0.3) is 0 Å². The first-order chi connectivity index (χ1) is 8.90. The molecule has 0 saturated heterocycles. The number of hydrogen-bond acceptors (Lipinski definition) is 4. The van der Waals surface area contributed by atoms with E-state index in [9.17, 15) is 9.59 Å². The van der Waals surface area contributed by atoms with Crippen molar-refractivity contribution in [2.75, 3.05) is 11.9 Å². The van der Waals surface area contributed by atoms with Crippen molar-refractivity contribution in [3.63, 3.8) is 0 Å². The molecule has 104 valence electrons. The number of aryl methyl sites for hydroxylation is 2. The van der Waals surface area contributed by atoms with Gasteiger partial charge in [-0.15, -0.1) is 0 Å². The van der Waals surface area contributed by atoms with Crippen molar-refractivity contribution in [2.45, 2.75) is 26.4 Å². The molecule has 4 N–H and O–H groups in total. The molecule has 0 saturated carbocycles. The molecule has 0 aliphatic heterocycles. The lowest BCUT2D eigenvalue weighted by Crippen LogP contribution is -2.33. The fraction of sp³-hybridized carbons (Fsp3) is 0.417. The third-order valence-electron chi connectivity index (χ3n) is 2.46. The van der Waals surface area contributed by atoms with Gasteiger partial charge in [0.15, 0.2) is 6.10 Å². The molecule has 7 nitrogen and oxygen atoms in total. The summed E-state index contributed by atoms with van der Waals surface area (Å²) in [5, 5.41) is 22.5. The highest BCUT2D eigenvalue weighted by Crippen LogP contribution is 2.12. The van der Waals surface area contributed by atoms with Gasteiger partial charge in [0.05, 0.1) is 11.4 Å². The molecule has 19 heavy (non-hydrogen) atoms. The van der Waals surface area contributed by atoms with Crippen molar-refractivity contribution in [1.82, 2.24) is 10.3 Å².